The second-order valence-corrected chi connectivity index (χ2v) is 6.26. The van der Waals surface area contributed by atoms with Crippen molar-refractivity contribution in [2.45, 2.75) is 26.4 Å². The second-order valence-electron chi connectivity index (χ2n) is 4.00. The van der Waals surface area contributed by atoms with Crippen molar-refractivity contribution in [3.05, 3.63) is 24.0 Å². The van der Waals surface area contributed by atoms with Crippen LogP contribution in [0.5, 0.6) is 0 Å². The molecule has 1 heterocycles. The van der Waals surface area contributed by atoms with Gasteiger partial charge in [0.25, 0.3) is 0 Å². The number of nitrogens with zero attached hydrogens (tertiary/aromatic N) is 1. The summed E-state index contributed by atoms with van der Waals surface area (Å²) in [5, 5.41) is 3.30. The summed E-state index contributed by atoms with van der Waals surface area (Å²) in [5.41, 5.74) is 1.14. The molecule has 5 heteroatoms. The number of aryl methyl sites for hydroxylation is 1. The van der Waals surface area contributed by atoms with Crippen molar-refractivity contribution < 1.29 is 8.42 Å². The van der Waals surface area contributed by atoms with Crippen molar-refractivity contribution >= 4 is 9.84 Å². The first kappa shape index (κ1) is 13.3. The molecule has 1 aromatic heterocycles. The first-order chi connectivity index (χ1) is 7.53. The molecular weight excluding hydrogens is 224 g/mol. The summed E-state index contributed by atoms with van der Waals surface area (Å²) in [6, 6.07) is 3.97. The van der Waals surface area contributed by atoms with Crippen molar-refractivity contribution in [1.82, 2.24) is 9.88 Å². The smallest absolute Gasteiger partial charge is 0.149 e. The fraction of sp³-hybridized carbons (Fsp3) is 0.636. The third-order valence-electron chi connectivity index (χ3n) is 2.36. The molecule has 92 valence electrons. The molecule has 0 saturated heterocycles. The van der Waals surface area contributed by atoms with Gasteiger partial charge in [-0.05, 0) is 25.1 Å². The van der Waals surface area contributed by atoms with Crippen LogP contribution in [-0.2, 0) is 22.9 Å². The second kappa shape index (κ2) is 6.06. The van der Waals surface area contributed by atoms with Crippen LogP contribution in [0, 0.1) is 0 Å². The van der Waals surface area contributed by atoms with E-state index in [0.717, 1.165) is 25.2 Å². The Labute approximate surface area is 97.6 Å². The van der Waals surface area contributed by atoms with Crippen LogP contribution < -0.4 is 5.32 Å². The summed E-state index contributed by atoms with van der Waals surface area (Å²) in [5.74, 6) is 0.197. The van der Waals surface area contributed by atoms with Gasteiger partial charge in [-0.1, -0.05) is 6.92 Å². The number of sulfone groups is 1. The molecule has 1 N–H and O–H groups in total. The van der Waals surface area contributed by atoms with Crippen molar-refractivity contribution in [2.24, 2.45) is 0 Å². The van der Waals surface area contributed by atoms with Crippen molar-refractivity contribution in [1.29, 1.82) is 0 Å². The number of aromatic nitrogens is 1. The lowest BCUT2D eigenvalue weighted by Crippen LogP contribution is -2.18. The zero-order valence-electron chi connectivity index (χ0n) is 9.94. The van der Waals surface area contributed by atoms with E-state index in [1.54, 1.807) is 0 Å². The standard InChI is InChI=1S/C11H20N2O2S/c1-3-6-12-10-11-5-4-7-13(11)8-9-16(2,14)15/h4-5,7,12H,3,6,8-10H2,1-2H3. The Kier molecular flexibility index (Phi) is 5.02. The number of rotatable bonds is 7. The van der Waals surface area contributed by atoms with Crippen LogP contribution in [0.4, 0.5) is 0 Å². The predicted octanol–water partition coefficient (Wildman–Crippen LogP) is 1.03. The van der Waals surface area contributed by atoms with Gasteiger partial charge in [-0.3, -0.25) is 0 Å². The third-order valence-corrected chi connectivity index (χ3v) is 3.28. The highest BCUT2D eigenvalue weighted by Crippen LogP contribution is 2.02. The zero-order valence-corrected chi connectivity index (χ0v) is 10.8. The molecule has 0 unspecified atom stereocenters. The molecule has 0 aliphatic rings. The molecule has 0 saturated carbocycles. The highest BCUT2D eigenvalue weighted by molar-refractivity contribution is 7.90. The molecule has 0 bridgehead atoms. The summed E-state index contributed by atoms with van der Waals surface area (Å²) in [7, 11) is -2.88. The molecule has 0 aromatic carbocycles. The number of hydrogen-bond acceptors (Lipinski definition) is 3. The van der Waals surface area contributed by atoms with Gasteiger partial charge in [0.2, 0.25) is 0 Å². The average Bonchev–Trinajstić information content (AvgIpc) is 2.62. The Morgan fingerprint density at radius 2 is 2.19 bits per heavy atom. The highest BCUT2D eigenvalue weighted by Gasteiger charge is 2.05. The van der Waals surface area contributed by atoms with E-state index < -0.39 is 9.84 Å². The summed E-state index contributed by atoms with van der Waals surface area (Å²) in [6.45, 7) is 4.44. The predicted molar refractivity (Wildman–Crippen MR) is 66.1 cm³/mol. The number of hydrogen-bond donors (Lipinski definition) is 1. The summed E-state index contributed by atoms with van der Waals surface area (Å²) in [6.07, 6.45) is 4.30. The van der Waals surface area contributed by atoms with Crippen LogP contribution in [0.15, 0.2) is 18.3 Å². The first-order valence-corrected chi connectivity index (χ1v) is 7.61. The van der Waals surface area contributed by atoms with E-state index in [-0.39, 0.29) is 5.75 Å². The van der Waals surface area contributed by atoms with Gasteiger partial charge in [-0.25, -0.2) is 8.42 Å². The normalized spacial score (nSPS) is 11.9. The maximum absolute atomic E-state index is 11.1. The Bertz CT molecular complexity index is 409. The molecule has 0 aliphatic carbocycles. The van der Waals surface area contributed by atoms with E-state index in [4.69, 9.17) is 0 Å². The lowest BCUT2D eigenvalue weighted by atomic mass is 10.4. The minimum absolute atomic E-state index is 0.197. The molecule has 0 atom stereocenters. The van der Waals surface area contributed by atoms with Crippen LogP contribution in [0.1, 0.15) is 19.0 Å². The summed E-state index contributed by atoms with van der Waals surface area (Å²) < 4.78 is 24.1. The van der Waals surface area contributed by atoms with Crippen LogP contribution in [0.3, 0.4) is 0 Å². The van der Waals surface area contributed by atoms with Crippen molar-refractivity contribution in [2.75, 3.05) is 18.6 Å². The Balaban J connectivity index is 2.50. The van der Waals surface area contributed by atoms with Crippen LogP contribution >= 0.6 is 0 Å². The summed E-state index contributed by atoms with van der Waals surface area (Å²) in [4.78, 5) is 0. The van der Waals surface area contributed by atoms with E-state index in [2.05, 4.69) is 12.2 Å². The average molecular weight is 244 g/mol. The molecular formula is C11H20N2O2S. The van der Waals surface area contributed by atoms with Gasteiger partial charge in [0, 0.05) is 31.2 Å². The van der Waals surface area contributed by atoms with Crippen LogP contribution in [0.2, 0.25) is 0 Å². The summed E-state index contributed by atoms with van der Waals surface area (Å²) >= 11 is 0. The van der Waals surface area contributed by atoms with Crippen LogP contribution in [-0.4, -0.2) is 31.5 Å². The fourth-order valence-corrected chi connectivity index (χ4v) is 2.01. The monoisotopic (exact) mass is 244 g/mol. The lowest BCUT2D eigenvalue weighted by molar-refractivity contribution is 0.587. The highest BCUT2D eigenvalue weighted by atomic mass is 32.2. The fourth-order valence-electron chi connectivity index (χ4n) is 1.49. The Morgan fingerprint density at radius 3 is 2.81 bits per heavy atom. The maximum Gasteiger partial charge on any atom is 0.149 e. The molecule has 0 fully saturated rings. The molecule has 4 nitrogen and oxygen atoms in total. The Morgan fingerprint density at radius 1 is 1.44 bits per heavy atom. The lowest BCUT2D eigenvalue weighted by Gasteiger charge is -2.09. The van der Waals surface area contributed by atoms with Gasteiger partial charge in [-0.2, -0.15) is 0 Å². The van der Waals surface area contributed by atoms with Gasteiger partial charge in [0.1, 0.15) is 9.84 Å². The topological polar surface area (TPSA) is 51.1 Å². The quantitative estimate of drug-likeness (QED) is 0.729. The molecule has 0 spiro atoms. The molecule has 0 amide bonds. The minimum Gasteiger partial charge on any atom is -0.349 e. The molecule has 1 aromatic rings. The van der Waals surface area contributed by atoms with Gasteiger partial charge < -0.3 is 9.88 Å². The number of nitrogens with one attached hydrogen (secondary N) is 1. The largest absolute Gasteiger partial charge is 0.349 e. The zero-order chi connectivity index (χ0) is 12.0. The van der Waals surface area contributed by atoms with Crippen molar-refractivity contribution in [3.63, 3.8) is 0 Å². The maximum atomic E-state index is 11.1. The van der Waals surface area contributed by atoms with E-state index >= 15 is 0 Å². The van der Waals surface area contributed by atoms with Gasteiger partial charge in [-0.15, -0.1) is 0 Å². The molecule has 16 heavy (non-hydrogen) atoms. The Hall–Kier alpha value is -0.810. The first-order valence-electron chi connectivity index (χ1n) is 5.55. The van der Waals surface area contributed by atoms with E-state index in [1.807, 2.05) is 22.9 Å². The van der Waals surface area contributed by atoms with Gasteiger partial charge >= 0.3 is 0 Å². The molecule has 1 rings (SSSR count). The van der Waals surface area contributed by atoms with E-state index in [9.17, 15) is 8.42 Å². The van der Waals surface area contributed by atoms with E-state index in [1.165, 1.54) is 6.26 Å². The van der Waals surface area contributed by atoms with Gasteiger partial charge in [0.15, 0.2) is 0 Å². The minimum atomic E-state index is -2.88. The molecule has 0 radical (unpaired) electrons. The van der Waals surface area contributed by atoms with E-state index in [0.29, 0.717) is 6.54 Å². The van der Waals surface area contributed by atoms with Crippen LogP contribution in [0.25, 0.3) is 0 Å². The third kappa shape index (κ3) is 4.81. The molecule has 0 aliphatic heterocycles. The van der Waals surface area contributed by atoms with Crippen molar-refractivity contribution in [3.8, 4) is 0 Å². The van der Waals surface area contributed by atoms with Gasteiger partial charge in [0.05, 0.1) is 5.75 Å². The SMILES string of the molecule is CCCNCc1cccn1CCS(C)(=O)=O.